The van der Waals surface area contributed by atoms with Crippen molar-refractivity contribution < 1.29 is 4.79 Å². The first-order chi connectivity index (χ1) is 13.2. The van der Waals surface area contributed by atoms with Crippen molar-refractivity contribution in [2.75, 3.05) is 18.0 Å². The Morgan fingerprint density at radius 1 is 0.778 bits per heavy atom. The first kappa shape index (κ1) is 18.7. The van der Waals surface area contributed by atoms with Crippen molar-refractivity contribution in [1.82, 2.24) is 5.32 Å². The van der Waals surface area contributed by atoms with E-state index in [1.165, 1.54) is 0 Å². The van der Waals surface area contributed by atoms with E-state index in [4.69, 9.17) is 0 Å². The summed E-state index contributed by atoms with van der Waals surface area (Å²) in [7, 11) is 0. The maximum absolute atomic E-state index is 12.9. The molecule has 0 saturated heterocycles. The van der Waals surface area contributed by atoms with Crippen molar-refractivity contribution in [3.05, 3.63) is 102 Å². The van der Waals surface area contributed by atoms with E-state index in [0.717, 1.165) is 29.9 Å². The van der Waals surface area contributed by atoms with E-state index in [1.807, 2.05) is 84.9 Å². The lowest BCUT2D eigenvalue weighted by atomic mass is 9.98. The topological polar surface area (TPSA) is 32.3 Å². The highest BCUT2D eigenvalue weighted by atomic mass is 16.1. The summed E-state index contributed by atoms with van der Waals surface area (Å²) in [4.78, 5) is 15.2. The van der Waals surface area contributed by atoms with Crippen molar-refractivity contribution in [2.24, 2.45) is 0 Å². The van der Waals surface area contributed by atoms with Gasteiger partial charge in [-0.3, -0.25) is 4.79 Å². The van der Waals surface area contributed by atoms with Crippen LogP contribution in [0.2, 0.25) is 0 Å². The van der Waals surface area contributed by atoms with Crippen molar-refractivity contribution in [1.29, 1.82) is 0 Å². The van der Waals surface area contributed by atoms with Crippen LogP contribution >= 0.6 is 0 Å². The third-order valence-electron chi connectivity index (χ3n) is 4.80. The summed E-state index contributed by atoms with van der Waals surface area (Å²) >= 11 is 0. The molecule has 3 heteroatoms. The summed E-state index contributed by atoms with van der Waals surface area (Å²) in [6.45, 7) is 6.17. The molecule has 138 valence electrons. The number of hydrogen-bond donors (Lipinski definition) is 1. The van der Waals surface area contributed by atoms with Gasteiger partial charge < -0.3 is 10.2 Å². The Kier molecular flexibility index (Phi) is 6.26. The zero-order valence-electron chi connectivity index (χ0n) is 15.9. The molecule has 0 aliphatic rings. The van der Waals surface area contributed by atoms with Crippen LogP contribution < -0.4 is 10.2 Å². The van der Waals surface area contributed by atoms with Gasteiger partial charge in [0.1, 0.15) is 0 Å². The lowest BCUT2D eigenvalue weighted by Crippen LogP contribution is -2.29. The van der Waals surface area contributed by atoms with Gasteiger partial charge >= 0.3 is 0 Å². The number of nitrogens with one attached hydrogen (secondary N) is 1. The Balaban J connectivity index is 1.83. The van der Waals surface area contributed by atoms with Crippen molar-refractivity contribution in [2.45, 2.75) is 19.9 Å². The molecule has 0 atom stereocenters. The van der Waals surface area contributed by atoms with Gasteiger partial charge in [-0.1, -0.05) is 60.7 Å². The molecule has 3 aromatic rings. The Morgan fingerprint density at radius 2 is 1.26 bits per heavy atom. The minimum Gasteiger partial charge on any atom is -0.372 e. The number of carbonyl (C=O) groups is 1. The molecule has 1 amide bonds. The highest BCUT2D eigenvalue weighted by Gasteiger charge is 2.17. The van der Waals surface area contributed by atoms with Crippen LogP contribution in [0.15, 0.2) is 84.9 Å². The third kappa shape index (κ3) is 4.56. The number of carbonyl (C=O) groups excluding carboxylic acids is 1. The number of rotatable bonds is 7. The van der Waals surface area contributed by atoms with E-state index in [2.05, 4.69) is 24.1 Å². The van der Waals surface area contributed by atoms with Crippen LogP contribution in [-0.4, -0.2) is 19.0 Å². The highest BCUT2D eigenvalue weighted by Crippen LogP contribution is 2.23. The van der Waals surface area contributed by atoms with Gasteiger partial charge in [-0.05, 0) is 49.2 Å². The normalized spacial score (nSPS) is 10.6. The fourth-order valence-electron chi connectivity index (χ4n) is 3.28. The van der Waals surface area contributed by atoms with E-state index in [-0.39, 0.29) is 11.9 Å². The largest absolute Gasteiger partial charge is 0.372 e. The molecule has 0 bridgehead atoms. The van der Waals surface area contributed by atoms with Crippen molar-refractivity contribution in [3.63, 3.8) is 0 Å². The average molecular weight is 358 g/mol. The zero-order chi connectivity index (χ0) is 19.1. The van der Waals surface area contributed by atoms with Crippen LogP contribution in [0.25, 0.3) is 0 Å². The van der Waals surface area contributed by atoms with E-state index < -0.39 is 0 Å². The highest BCUT2D eigenvalue weighted by molar-refractivity contribution is 5.95. The Hall–Kier alpha value is -3.07. The van der Waals surface area contributed by atoms with Crippen LogP contribution in [0.3, 0.4) is 0 Å². The van der Waals surface area contributed by atoms with Gasteiger partial charge in [-0.15, -0.1) is 0 Å². The molecular weight excluding hydrogens is 332 g/mol. The smallest absolute Gasteiger partial charge is 0.252 e. The number of amides is 1. The third-order valence-corrected chi connectivity index (χ3v) is 4.80. The second kappa shape index (κ2) is 9.04. The second-order valence-electron chi connectivity index (χ2n) is 6.45. The van der Waals surface area contributed by atoms with Crippen LogP contribution in [0.5, 0.6) is 0 Å². The van der Waals surface area contributed by atoms with E-state index in [9.17, 15) is 4.79 Å². The molecule has 3 nitrogen and oxygen atoms in total. The molecule has 0 saturated carbocycles. The van der Waals surface area contributed by atoms with E-state index >= 15 is 0 Å². The number of benzene rings is 3. The minimum absolute atomic E-state index is 0.0706. The zero-order valence-corrected chi connectivity index (χ0v) is 15.9. The quantitative estimate of drug-likeness (QED) is 0.641. The molecule has 0 fully saturated rings. The Morgan fingerprint density at radius 3 is 1.70 bits per heavy atom. The van der Waals surface area contributed by atoms with Gasteiger partial charge in [0.05, 0.1) is 6.04 Å². The first-order valence-corrected chi connectivity index (χ1v) is 9.48. The first-order valence-electron chi connectivity index (χ1n) is 9.48. The lowest BCUT2D eigenvalue weighted by Gasteiger charge is -2.22. The van der Waals surface area contributed by atoms with Gasteiger partial charge in [0.2, 0.25) is 0 Å². The molecule has 3 rings (SSSR count). The van der Waals surface area contributed by atoms with Crippen LogP contribution in [-0.2, 0) is 0 Å². The summed E-state index contributed by atoms with van der Waals surface area (Å²) in [5.41, 5.74) is 3.94. The number of nitrogens with zero attached hydrogens (tertiary/aromatic N) is 1. The standard InChI is InChI=1S/C24H26N2O/c1-3-26(4-2)22-17-15-21(16-18-22)24(27)25-23(19-11-7-5-8-12-19)20-13-9-6-10-14-20/h5-18,23H,3-4H2,1-2H3,(H,25,27). The molecule has 0 spiro atoms. The fourth-order valence-corrected chi connectivity index (χ4v) is 3.28. The molecular formula is C24H26N2O. The second-order valence-corrected chi connectivity index (χ2v) is 6.45. The Labute approximate surface area is 161 Å². The Bertz CT molecular complexity index is 801. The maximum atomic E-state index is 12.9. The number of anilines is 1. The van der Waals surface area contributed by atoms with Gasteiger partial charge in [0.15, 0.2) is 0 Å². The molecule has 0 aliphatic carbocycles. The molecule has 0 aliphatic heterocycles. The van der Waals surface area contributed by atoms with E-state index in [1.54, 1.807) is 0 Å². The van der Waals surface area contributed by atoms with Crippen LogP contribution in [0, 0.1) is 0 Å². The molecule has 0 radical (unpaired) electrons. The minimum atomic E-state index is -0.178. The summed E-state index contributed by atoms with van der Waals surface area (Å²) in [6.07, 6.45) is 0. The average Bonchev–Trinajstić information content (AvgIpc) is 2.74. The maximum Gasteiger partial charge on any atom is 0.252 e. The summed E-state index contributed by atoms with van der Waals surface area (Å²) in [5, 5.41) is 3.19. The van der Waals surface area contributed by atoms with Crippen LogP contribution in [0.1, 0.15) is 41.4 Å². The molecule has 3 aromatic carbocycles. The molecule has 1 N–H and O–H groups in total. The molecule has 0 aromatic heterocycles. The van der Waals surface area contributed by atoms with Gasteiger partial charge in [-0.25, -0.2) is 0 Å². The predicted molar refractivity (Wildman–Crippen MR) is 112 cm³/mol. The van der Waals surface area contributed by atoms with Gasteiger partial charge in [-0.2, -0.15) is 0 Å². The fraction of sp³-hybridized carbons (Fsp3) is 0.208. The van der Waals surface area contributed by atoms with Gasteiger partial charge in [0, 0.05) is 24.3 Å². The molecule has 27 heavy (non-hydrogen) atoms. The summed E-state index contributed by atoms with van der Waals surface area (Å²) < 4.78 is 0. The predicted octanol–water partition coefficient (Wildman–Crippen LogP) is 5.05. The SMILES string of the molecule is CCN(CC)c1ccc(C(=O)NC(c2ccccc2)c2ccccc2)cc1. The molecule has 0 heterocycles. The van der Waals surface area contributed by atoms with Gasteiger partial charge in [0.25, 0.3) is 5.91 Å². The van der Waals surface area contributed by atoms with Crippen molar-refractivity contribution >= 4 is 11.6 Å². The lowest BCUT2D eigenvalue weighted by molar-refractivity contribution is 0.0943. The molecule has 0 unspecified atom stereocenters. The summed E-state index contributed by atoms with van der Waals surface area (Å²) in [5.74, 6) is -0.0706. The van der Waals surface area contributed by atoms with Crippen LogP contribution in [0.4, 0.5) is 5.69 Å². The van der Waals surface area contributed by atoms with Crippen molar-refractivity contribution in [3.8, 4) is 0 Å². The summed E-state index contributed by atoms with van der Waals surface area (Å²) in [6, 6.07) is 27.8. The number of hydrogen-bond acceptors (Lipinski definition) is 2. The van der Waals surface area contributed by atoms with E-state index in [0.29, 0.717) is 5.56 Å². The monoisotopic (exact) mass is 358 g/mol.